The molecule has 0 heterocycles. The third-order valence-electron chi connectivity index (χ3n) is 2.45. The van der Waals surface area contributed by atoms with Gasteiger partial charge in [0.15, 0.2) is 0 Å². The Hall–Kier alpha value is -0.0100. The molecule has 2 atom stereocenters. The predicted octanol–water partition coefficient (Wildman–Crippen LogP) is 3.97. The number of hydrogen-bond donors (Lipinski definition) is 0. The van der Waals surface area contributed by atoms with Crippen molar-refractivity contribution in [2.24, 2.45) is 5.92 Å². The van der Waals surface area contributed by atoms with E-state index in [4.69, 9.17) is 11.6 Å². The molecule has 2 unspecified atom stereocenters. The van der Waals surface area contributed by atoms with Crippen LogP contribution in [0.15, 0.2) is 18.2 Å². The van der Waals surface area contributed by atoms with Crippen molar-refractivity contribution in [3.8, 4) is 0 Å². The lowest BCUT2D eigenvalue weighted by molar-refractivity contribution is 0.623. The number of fused-ring (bicyclic) bond motifs is 1. The highest BCUT2D eigenvalue weighted by Gasteiger charge is 2.26. The largest absolute Gasteiger partial charge is 0.0843 e. The molecule has 64 valence electrons. The quantitative estimate of drug-likeness (QED) is 0.607. The third kappa shape index (κ3) is 1.29. The first-order valence-corrected chi connectivity index (χ1v) is 5.40. The van der Waals surface area contributed by atoms with E-state index in [2.05, 4.69) is 35.0 Å². The molecule has 0 amide bonds. The van der Waals surface area contributed by atoms with Crippen LogP contribution < -0.4 is 0 Å². The fraction of sp³-hybridized carbons (Fsp3) is 0.400. The van der Waals surface area contributed by atoms with E-state index in [0.717, 1.165) is 5.02 Å². The van der Waals surface area contributed by atoms with E-state index in [1.54, 1.807) is 0 Å². The normalized spacial score (nSPS) is 27.2. The summed E-state index contributed by atoms with van der Waals surface area (Å²) in [6, 6.07) is 6.17. The standard InChI is InChI=1S/C10H10BrCl/c1-6-4-7-2-3-8(12)5-9(7)10(6)11/h2-3,5-6,10H,4H2,1H3. The molecule has 0 bridgehead atoms. The average molecular weight is 246 g/mol. The van der Waals surface area contributed by atoms with Gasteiger partial charge in [-0.15, -0.1) is 0 Å². The Labute approximate surface area is 86.1 Å². The minimum absolute atomic E-state index is 0.492. The van der Waals surface area contributed by atoms with Crippen LogP contribution in [0.5, 0.6) is 0 Å². The molecule has 1 aromatic rings. The zero-order valence-corrected chi connectivity index (χ0v) is 9.19. The van der Waals surface area contributed by atoms with Crippen LogP contribution in [0.4, 0.5) is 0 Å². The van der Waals surface area contributed by atoms with E-state index in [9.17, 15) is 0 Å². The first kappa shape index (κ1) is 8.58. The van der Waals surface area contributed by atoms with Crippen molar-refractivity contribution in [2.75, 3.05) is 0 Å². The predicted molar refractivity (Wildman–Crippen MR) is 56.0 cm³/mol. The smallest absolute Gasteiger partial charge is 0.0427 e. The summed E-state index contributed by atoms with van der Waals surface area (Å²) in [5.41, 5.74) is 2.81. The molecule has 1 aromatic carbocycles. The van der Waals surface area contributed by atoms with Gasteiger partial charge < -0.3 is 0 Å². The minimum Gasteiger partial charge on any atom is -0.0843 e. The highest BCUT2D eigenvalue weighted by atomic mass is 79.9. The second-order valence-electron chi connectivity index (χ2n) is 3.43. The van der Waals surface area contributed by atoms with Crippen LogP contribution in [-0.2, 0) is 6.42 Å². The molecule has 0 spiro atoms. The van der Waals surface area contributed by atoms with E-state index in [1.807, 2.05) is 6.07 Å². The van der Waals surface area contributed by atoms with Crippen LogP contribution in [0.3, 0.4) is 0 Å². The lowest BCUT2D eigenvalue weighted by atomic mass is 10.1. The molecule has 0 fully saturated rings. The second kappa shape index (κ2) is 3.04. The first-order chi connectivity index (χ1) is 5.68. The first-order valence-electron chi connectivity index (χ1n) is 4.11. The van der Waals surface area contributed by atoms with Crippen LogP contribution in [0.1, 0.15) is 22.9 Å². The minimum atomic E-state index is 0.492. The lowest BCUT2D eigenvalue weighted by Crippen LogP contribution is -1.93. The van der Waals surface area contributed by atoms with E-state index in [1.165, 1.54) is 17.5 Å². The van der Waals surface area contributed by atoms with Crippen LogP contribution in [0.2, 0.25) is 5.02 Å². The molecule has 0 nitrogen and oxygen atoms in total. The number of rotatable bonds is 0. The Morgan fingerprint density at radius 3 is 3.00 bits per heavy atom. The summed E-state index contributed by atoms with van der Waals surface area (Å²) < 4.78 is 0. The van der Waals surface area contributed by atoms with Crippen molar-refractivity contribution in [3.05, 3.63) is 34.3 Å². The van der Waals surface area contributed by atoms with Crippen molar-refractivity contribution in [1.82, 2.24) is 0 Å². The van der Waals surface area contributed by atoms with Gasteiger partial charge in [0.1, 0.15) is 0 Å². The van der Waals surface area contributed by atoms with Gasteiger partial charge in [-0.2, -0.15) is 0 Å². The Morgan fingerprint density at radius 2 is 2.25 bits per heavy atom. The maximum Gasteiger partial charge on any atom is 0.0427 e. The summed E-state index contributed by atoms with van der Waals surface area (Å²) in [7, 11) is 0. The van der Waals surface area contributed by atoms with Crippen molar-refractivity contribution < 1.29 is 0 Å². The molecular formula is C10H10BrCl. The molecule has 0 saturated carbocycles. The maximum absolute atomic E-state index is 5.92. The molecule has 2 rings (SSSR count). The number of alkyl halides is 1. The second-order valence-corrected chi connectivity index (χ2v) is 4.85. The van der Waals surface area contributed by atoms with E-state index in [-0.39, 0.29) is 0 Å². The fourth-order valence-electron chi connectivity index (χ4n) is 1.77. The Morgan fingerprint density at radius 1 is 1.50 bits per heavy atom. The molecule has 0 aliphatic heterocycles. The van der Waals surface area contributed by atoms with Gasteiger partial charge >= 0.3 is 0 Å². The summed E-state index contributed by atoms with van der Waals surface area (Å²) in [4.78, 5) is 0.492. The van der Waals surface area contributed by atoms with Crippen molar-refractivity contribution in [3.63, 3.8) is 0 Å². The van der Waals surface area contributed by atoms with Crippen molar-refractivity contribution >= 4 is 27.5 Å². The summed E-state index contributed by atoms with van der Waals surface area (Å²) in [5, 5.41) is 0.840. The molecule has 0 aromatic heterocycles. The van der Waals surface area contributed by atoms with E-state index >= 15 is 0 Å². The summed E-state index contributed by atoms with van der Waals surface area (Å²) in [5.74, 6) is 0.693. The van der Waals surface area contributed by atoms with Crippen LogP contribution in [0.25, 0.3) is 0 Å². The van der Waals surface area contributed by atoms with Crippen LogP contribution in [0, 0.1) is 5.92 Å². The highest BCUT2D eigenvalue weighted by Crippen LogP contribution is 2.42. The summed E-state index contributed by atoms with van der Waals surface area (Å²) >= 11 is 9.59. The zero-order valence-electron chi connectivity index (χ0n) is 6.85. The van der Waals surface area contributed by atoms with Crippen molar-refractivity contribution in [2.45, 2.75) is 18.2 Å². The van der Waals surface area contributed by atoms with E-state index < -0.39 is 0 Å². The SMILES string of the molecule is CC1Cc2ccc(Cl)cc2C1Br. The van der Waals surface area contributed by atoms with E-state index in [0.29, 0.717) is 10.7 Å². The molecule has 12 heavy (non-hydrogen) atoms. The Kier molecular flexibility index (Phi) is 2.18. The van der Waals surface area contributed by atoms with Gasteiger partial charge in [-0.1, -0.05) is 40.5 Å². The Balaban J connectivity index is 2.48. The average Bonchev–Trinajstić information content (AvgIpc) is 2.31. The van der Waals surface area contributed by atoms with Crippen LogP contribution >= 0.6 is 27.5 Å². The topological polar surface area (TPSA) is 0 Å². The number of hydrogen-bond acceptors (Lipinski definition) is 0. The summed E-state index contributed by atoms with van der Waals surface area (Å²) in [6.07, 6.45) is 1.17. The summed E-state index contributed by atoms with van der Waals surface area (Å²) in [6.45, 7) is 2.26. The zero-order chi connectivity index (χ0) is 8.72. The highest BCUT2D eigenvalue weighted by molar-refractivity contribution is 9.09. The molecule has 0 radical (unpaired) electrons. The third-order valence-corrected chi connectivity index (χ3v) is 4.08. The molecule has 0 saturated heterocycles. The molecule has 2 heteroatoms. The molecule has 1 aliphatic carbocycles. The molecule has 0 N–H and O–H groups in total. The van der Waals surface area contributed by atoms with Gasteiger partial charge in [0.2, 0.25) is 0 Å². The van der Waals surface area contributed by atoms with Crippen molar-refractivity contribution in [1.29, 1.82) is 0 Å². The van der Waals surface area contributed by atoms with Gasteiger partial charge in [0, 0.05) is 9.85 Å². The number of halogens is 2. The van der Waals surface area contributed by atoms with Gasteiger partial charge in [-0.3, -0.25) is 0 Å². The molecule has 1 aliphatic rings. The molecular weight excluding hydrogens is 235 g/mol. The lowest BCUT2D eigenvalue weighted by Gasteiger charge is -2.06. The van der Waals surface area contributed by atoms with Gasteiger partial charge in [-0.25, -0.2) is 0 Å². The van der Waals surface area contributed by atoms with Crippen LogP contribution in [-0.4, -0.2) is 0 Å². The Bertz CT molecular complexity index is 309. The maximum atomic E-state index is 5.92. The monoisotopic (exact) mass is 244 g/mol. The van der Waals surface area contributed by atoms with Gasteiger partial charge in [0.25, 0.3) is 0 Å². The van der Waals surface area contributed by atoms with Gasteiger partial charge in [0.05, 0.1) is 0 Å². The number of benzene rings is 1. The fourth-order valence-corrected chi connectivity index (χ4v) is 2.56. The van der Waals surface area contributed by atoms with Gasteiger partial charge in [-0.05, 0) is 35.6 Å².